The van der Waals surface area contributed by atoms with Gasteiger partial charge in [-0.15, -0.1) is 0 Å². The largest absolute Gasteiger partial charge is 0.417 e. The predicted octanol–water partition coefficient (Wildman–Crippen LogP) is 5.78. The number of alkyl halides is 3. The molecule has 1 aliphatic heterocycles. The third-order valence-corrected chi connectivity index (χ3v) is 5.52. The number of halogens is 6. The number of benzene rings is 2. The van der Waals surface area contributed by atoms with Gasteiger partial charge in [0.15, 0.2) is 6.04 Å². The normalized spacial score (nSPS) is 15.7. The van der Waals surface area contributed by atoms with Crippen molar-refractivity contribution in [3.63, 3.8) is 0 Å². The van der Waals surface area contributed by atoms with Gasteiger partial charge in [-0.3, -0.25) is 4.99 Å². The number of hydrogen-bond donors (Lipinski definition) is 0. The van der Waals surface area contributed by atoms with Crippen molar-refractivity contribution in [2.75, 3.05) is 0 Å². The maximum Gasteiger partial charge on any atom is 0.417 e. The SMILES string of the molecule is CCc1cnc2[n+](c1)-c1ccc(C(F)(F)F)c(Cl)c1C(c1c(F)cccc1F)=N[C@H]2C. The molecule has 3 nitrogen and oxygen atoms in total. The van der Waals surface area contributed by atoms with Crippen LogP contribution in [-0.2, 0) is 12.6 Å². The molecule has 3 aromatic rings. The molecule has 0 unspecified atom stereocenters. The maximum absolute atomic E-state index is 14.7. The molecule has 31 heavy (non-hydrogen) atoms. The Morgan fingerprint density at radius 3 is 2.35 bits per heavy atom. The fourth-order valence-corrected chi connectivity index (χ4v) is 3.96. The van der Waals surface area contributed by atoms with Gasteiger partial charge in [-0.2, -0.15) is 17.7 Å². The lowest BCUT2D eigenvalue weighted by Crippen LogP contribution is -2.38. The third kappa shape index (κ3) is 3.59. The van der Waals surface area contributed by atoms with Crippen molar-refractivity contribution < 1.29 is 26.5 Å². The first-order valence-electron chi connectivity index (χ1n) is 9.46. The van der Waals surface area contributed by atoms with Crippen molar-refractivity contribution in [3.8, 4) is 5.69 Å². The standard InChI is InChI=1S/C22H16ClF5N3/c1-3-12-9-29-21-11(2)30-20(17-14(24)5-4-6-15(17)25)18-16(31(21)10-12)8-7-13(19(18)23)22(26,27)28/h4-11H,3H2,1-2H3/q+1/t11-/m0/s1. The molecule has 2 aromatic carbocycles. The Labute approximate surface area is 179 Å². The van der Waals surface area contributed by atoms with Crippen molar-refractivity contribution >= 4 is 17.3 Å². The number of aliphatic imine (C=N–C) groups is 1. The number of fused-ring (bicyclic) bond motifs is 3. The Morgan fingerprint density at radius 1 is 1.06 bits per heavy atom. The van der Waals surface area contributed by atoms with Crippen LogP contribution in [0.1, 0.15) is 48.0 Å². The van der Waals surface area contributed by atoms with Crippen LogP contribution in [0.3, 0.4) is 0 Å². The van der Waals surface area contributed by atoms with Gasteiger partial charge < -0.3 is 0 Å². The monoisotopic (exact) mass is 452 g/mol. The zero-order valence-electron chi connectivity index (χ0n) is 16.4. The summed E-state index contributed by atoms with van der Waals surface area (Å²) < 4.78 is 71.8. The zero-order chi connectivity index (χ0) is 22.5. The number of rotatable bonds is 2. The quantitative estimate of drug-likeness (QED) is 0.358. The summed E-state index contributed by atoms with van der Waals surface area (Å²) in [5.41, 5.74) is -1.13. The van der Waals surface area contributed by atoms with Gasteiger partial charge in [-0.1, -0.05) is 29.6 Å². The third-order valence-electron chi connectivity index (χ3n) is 5.13. The summed E-state index contributed by atoms with van der Waals surface area (Å²) >= 11 is 6.24. The van der Waals surface area contributed by atoms with Crippen LogP contribution >= 0.6 is 11.6 Å². The van der Waals surface area contributed by atoms with Gasteiger partial charge in [0.25, 0.3) is 0 Å². The first-order chi connectivity index (χ1) is 14.6. The minimum atomic E-state index is -4.76. The van der Waals surface area contributed by atoms with E-state index in [1.807, 2.05) is 6.92 Å². The topological polar surface area (TPSA) is 29.1 Å². The molecule has 0 saturated heterocycles. The molecule has 0 aliphatic carbocycles. The molecule has 9 heteroatoms. The average molecular weight is 453 g/mol. The smallest absolute Gasteiger partial charge is 0.268 e. The van der Waals surface area contributed by atoms with Crippen molar-refractivity contribution in [1.82, 2.24) is 4.98 Å². The Morgan fingerprint density at radius 2 is 1.74 bits per heavy atom. The highest BCUT2D eigenvalue weighted by molar-refractivity contribution is 6.37. The summed E-state index contributed by atoms with van der Waals surface area (Å²) in [6, 6.07) is 4.57. The van der Waals surface area contributed by atoms with E-state index in [0.29, 0.717) is 12.2 Å². The van der Waals surface area contributed by atoms with E-state index in [1.165, 1.54) is 12.1 Å². The van der Waals surface area contributed by atoms with Crippen molar-refractivity contribution in [2.24, 2.45) is 4.99 Å². The fourth-order valence-electron chi connectivity index (χ4n) is 3.60. The van der Waals surface area contributed by atoms with Crippen molar-refractivity contribution in [3.05, 3.63) is 87.5 Å². The van der Waals surface area contributed by atoms with E-state index in [9.17, 15) is 22.0 Å². The van der Waals surface area contributed by atoms with Gasteiger partial charge in [0.05, 0.1) is 27.4 Å². The molecule has 1 aliphatic rings. The highest BCUT2D eigenvalue weighted by atomic mass is 35.5. The van der Waals surface area contributed by atoms with E-state index in [2.05, 4.69) is 9.98 Å². The maximum atomic E-state index is 14.7. The summed E-state index contributed by atoms with van der Waals surface area (Å²) in [6.45, 7) is 3.55. The Hall–Kier alpha value is -2.87. The molecular weight excluding hydrogens is 437 g/mol. The van der Waals surface area contributed by atoms with Crippen LogP contribution in [0.4, 0.5) is 22.0 Å². The molecule has 0 bridgehead atoms. The van der Waals surface area contributed by atoms with Crippen LogP contribution in [0.15, 0.2) is 47.7 Å². The van der Waals surface area contributed by atoms with Gasteiger partial charge in [0.1, 0.15) is 29.7 Å². The fraction of sp³-hybridized carbons (Fsp3) is 0.227. The number of aromatic nitrogens is 2. The number of hydrogen-bond acceptors (Lipinski definition) is 2. The number of nitrogens with zero attached hydrogens (tertiary/aromatic N) is 3. The lowest BCUT2D eigenvalue weighted by molar-refractivity contribution is -0.609. The summed E-state index contributed by atoms with van der Waals surface area (Å²) in [5.74, 6) is -1.51. The molecule has 4 rings (SSSR count). The second-order valence-electron chi connectivity index (χ2n) is 7.11. The minimum absolute atomic E-state index is 0.203. The molecule has 0 radical (unpaired) electrons. The molecule has 0 N–H and O–H groups in total. The second-order valence-corrected chi connectivity index (χ2v) is 7.49. The molecule has 0 saturated carbocycles. The summed E-state index contributed by atoms with van der Waals surface area (Å²) in [4.78, 5) is 8.80. The van der Waals surface area contributed by atoms with Crippen LogP contribution in [0, 0.1) is 11.6 Å². The van der Waals surface area contributed by atoms with Gasteiger partial charge in [0.2, 0.25) is 0 Å². The molecule has 1 atom stereocenters. The molecular formula is C22H16ClF5N3+. The van der Waals surface area contributed by atoms with E-state index in [0.717, 1.165) is 23.8 Å². The van der Waals surface area contributed by atoms with Crippen LogP contribution in [0.25, 0.3) is 5.69 Å². The minimum Gasteiger partial charge on any atom is -0.268 e. The molecule has 2 heterocycles. The van der Waals surface area contributed by atoms with Crippen LogP contribution < -0.4 is 4.57 Å². The molecule has 1 aromatic heterocycles. The molecule has 0 fully saturated rings. The van der Waals surface area contributed by atoms with Gasteiger partial charge in [0, 0.05) is 5.56 Å². The van der Waals surface area contributed by atoms with Gasteiger partial charge in [-0.25, -0.2) is 8.78 Å². The van der Waals surface area contributed by atoms with Crippen molar-refractivity contribution in [1.29, 1.82) is 0 Å². The lowest BCUT2D eigenvalue weighted by Gasteiger charge is -2.16. The van der Waals surface area contributed by atoms with Crippen LogP contribution in [0.5, 0.6) is 0 Å². The van der Waals surface area contributed by atoms with Gasteiger partial charge >= 0.3 is 12.0 Å². The molecule has 160 valence electrons. The van der Waals surface area contributed by atoms with Crippen LogP contribution in [0.2, 0.25) is 5.02 Å². The van der Waals surface area contributed by atoms with E-state index < -0.39 is 40.0 Å². The summed E-state index contributed by atoms with van der Waals surface area (Å²) in [6.07, 6.45) is -0.781. The van der Waals surface area contributed by atoms with E-state index in [1.54, 1.807) is 23.9 Å². The number of aryl methyl sites for hydroxylation is 1. The molecule has 0 spiro atoms. The summed E-state index contributed by atoms with van der Waals surface area (Å²) in [7, 11) is 0. The van der Waals surface area contributed by atoms with E-state index in [-0.39, 0.29) is 17.0 Å². The Balaban J connectivity index is 2.15. The van der Waals surface area contributed by atoms with Gasteiger partial charge in [-0.05, 0) is 37.6 Å². The molecule has 0 amide bonds. The summed E-state index contributed by atoms with van der Waals surface area (Å²) in [5, 5.41) is -0.680. The highest BCUT2D eigenvalue weighted by Gasteiger charge is 2.39. The zero-order valence-corrected chi connectivity index (χ0v) is 17.2. The Kier molecular flexibility index (Phi) is 5.29. The van der Waals surface area contributed by atoms with Crippen molar-refractivity contribution in [2.45, 2.75) is 32.5 Å². The average Bonchev–Trinajstić information content (AvgIpc) is 2.82. The van der Waals surface area contributed by atoms with E-state index in [4.69, 9.17) is 11.6 Å². The lowest BCUT2D eigenvalue weighted by atomic mass is 9.97. The first kappa shape index (κ1) is 21.4. The van der Waals surface area contributed by atoms with Crippen LogP contribution in [-0.4, -0.2) is 10.7 Å². The predicted molar refractivity (Wildman–Crippen MR) is 106 cm³/mol. The Bertz CT molecular complexity index is 1200. The second kappa shape index (κ2) is 7.67. The first-order valence-corrected chi connectivity index (χ1v) is 9.84. The highest BCUT2D eigenvalue weighted by Crippen LogP contribution is 2.40. The van der Waals surface area contributed by atoms with E-state index >= 15 is 0 Å².